The van der Waals surface area contributed by atoms with Crippen LogP contribution in [0.4, 0.5) is 0 Å². The Balaban J connectivity index is 2.19. The van der Waals surface area contributed by atoms with Crippen molar-refractivity contribution in [3.8, 4) is 11.5 Å². The van der Waals surface area contributed by atoms with Gasteiger partial charge in [0, 0.05) is 5.56 Å². The van der Waals surface area contributed by atoms with E-state index in [-0.39, 0.29) is 0 Å². The van der Waals surface area contributed by atoms with E-state index in [1.165, 1.54) is 18.4 Å². The minimum Gasteiger partial charge on any atom is -0.445 e. The average Bonchev–Trinajstić information content (AvgIpc) is 2.80. The number of aromatic nitrogens is 1. The predicted molar refractivity (Wildman–Crippen MR) is 59.4 cm³/mol. The van der Waals surface area contributed by atoms with Gasteiger partial charge in [0.05, 0.1) is 6.20 Å². The zero-order valence-corrected chi connectivity index (χ0v) is 8.86. The maximum Gasteiger partial charge on any atom is 0.225 e. The fourth-order valence-corrected chi connectivity index (χ4v) is 1.54. The van der Waals surface area contributed by atoms with E-state index in [2.05, 4.69) is 24.0 Å². The molecule has 0 spiro atoms. The molecule has 0 N–H and O–H groups in total. The fourth-order valence-electron chi connectivity index (χ4n) is 1.54. The van der Waals surface area contributed by atoms with E-state index in [9.17, 15) is 0 Å². The lowest BCUT2D eigenvalue weighted by atomic mass is 10.1. The van der Waals surface area contributed by atoms with E-state index in [0.717, 1.165) is 12.0 Å². The van der Waals surface area contributed by atoms with E-state index in [0.29, 0.717) is 5.89 Å². The lowest BCUT2D eigenvalue weighted by molar-refractivity contribution is 0.574. The van der Waals surface area contributed by atoms with Crippen LogP contribution in [0.3, 0.4) is 0 Å². The second kappa shape index (κ2) is 4.78. The fraction of sp³-hybridized carbons (Fsp3) is 0.308. The lowest BCUT2D eigenvalue weighted by Crippen LogP contribution is -1.86. The maximum atomic E-state index is 5.25. The van der Waals surface area contributed by atoms with Gasteiger partial charge in [0.25, 0.3) is 0 Å². The molecular weight excluding hydrogens is 186 g/mol. The molecule has 0 aliphatic carbocycles. The Kier molecular flexibility index (Phi) is 3.18. The lowest BCUT2D eigenvalue weighted by Gasteiger charge is -2.01. The highest BCUT2D eigenvalue weighted by molar-refractivity contribution is 5.53. The number of hydrogen-bond donors (Lipinski definition) is 0. The molecule has 2 rings (SSSR count). The van der Waals surface area contributed by atoms with Crippen molar-refractivity contribution in [2.45, 2.75) is 26.2 Å². The summed E-state index contributed by atoms with van der Waals surface area (Å²) >= 11 is 0. The van der Waals surface area contributed by atoms with Gasteiger partial charge in [-0.3, -0.25) is 0 Å². The molecule has 1 aromatic carbocycles. The molecule has 0 saturated carbocycles. The second-order valence-corrected chi connectivity index (χ2v) is 3.57. The third kappa shape index (κ3) is 2.46. The molecule has 2 heteroatoms. The van der Waals surface area contributed by atoms with Crippen molar-refractivity contribution in [2.75, 3.05) is 0 Å². The summed E-state index contributed by atoms with van der Waals surface area (Å²) in [5, 5.41) is 0. The van der Waals surface area contributed by atoms with Crippen LogP contribution in [0, 0.1) is 6.07 Å². The summed E-state index contributed by atoms with van der Waals surface area (Å²) in [5.41, 5.74) is 2.31. The largest absolute Gasteiger partial charge is 0.445 e. The number of aryl methyl sites for hydroxylation is 1. The Labute approximate surface area is 90.0 Å². The van der Waals surface area contributed by atoms with Crippen LogP contribution in [0.2, 0.25) is 0 Å². The molecule has 0 aliphatic rings. The van der Waals surface area contributed by atoms with Crippen LogP contribution >= 0.6 is 0 Å². The molecule has 0 fully saturated rings. The predicted octanol–water partition coefficient (Wildman–Crippen LogP) is 3.48. The molecule has 15 heavy (non-hydrogen) atoms. The summed E-state index contributed by atoms with van der Waals surface area (Å²) in [6.07, 6.45) is 6.77. The minimum absolute atomic E-state index is 0.671. The summed E-state index contributed by atoms with van der Waals surface area (Å²) < 4.78 is 5.25. The van der Waals surface area contributed by atoms with Crippen LogP contribution in [0.5, 0.6) is 0 Å². The van der Waals surface area contributed by atoms with Crippen molar-refractivity contribution >= 4 is 0 Å². The second-order valence-electron chi connectivity index (χ2n) is 3.57. The normalized spacial score (nSPS) is 10.5. The summed E-state index contributed by atoms with van der Waals surface area (Å²) in [6.45, 7) is 2.20. The topological polar surface area (TPSA) is 26.0 Å². The Bertz CT molecular complexity index is 406. The first-order valence-corrected chi connectivity index (χ1v) is 5.30. The molecule has 0 bridgehead atoms. The van der Waals surface area contributed by atoms with Crippen molar-refractivity contribution in [3.63, 3.8) is 0 Å². The van der Waals surface area contributed by atoms with Gasteiger partial charge in [-0.1, -0.05) is 19.4 Å². The van der Waals surface area contributed by atoms with Crippen LogP contribution in [0.25, 0.3) is 11.5 Å². The zero-order chi connectivity index (χ0) is 10.5. The molecule has 0 aliphatic heterocycles. The van der Waals surface area contributed by atoms with Gasteiger partial charge in [-0.05, 0) is 36.6 Å². The van der Waals surface area contributed by atoms with Gasteiger partial charge in [-0.15, -0.1) is 0 Å². The molecule has 0 unspecified atom stereocenters. The van der Waals surface area contributed by atoms with Gasteiger partial charge in [-0.2, -0.15) is 0 Å². The third-order valence-corrected chi connectivity index (χ3v) is 2.35. The van der Waals surface area contributed by atoms with Crippen LogP contribution in [0.15, 0.2) is 35.1 Å². The number of nitrogens with zero attached hydrogens (tertiary/aromatic N) is 1. The van der Waals surface area contributed by atoms with E-state index in [1.54, 1.807) is 12.5 Å². The van der Waals surface area contributed by atoms with Gasteiger partial charge in [0.1, 0.15) is 6.26 Å². The van der Waals surface area contributed by atoms with Crippen LogP contribution in [-0.4, -0.2) is 4.98 Å². The monoisotopic (exact) mass is 200 g/mol. The standard InChI is InChI=1S/C13H14NO/c1-2-3-5-11-6-4-7-12(10-11)13-14-8-9-15-13/h6-10H,2-3,5H2,1H3. The Morgan fingerprint density at radius 1 is 1.40 bits per heavy atom. The van der Waals surface area contributed by atoms with Gasteiger partial charge in [-0.25, -0.2) is 4.98 Å². The quantitative estimate of drug-likeness (QED) is 0.755. The summed E-state index contributed by atoms with van der Waals surface area (Å²) in [7, 11) is 0. The number of rotatable bonds is 4. The Morgan fingerprint density at radius 2 is 2.33 bits per heavy atom. The SMILES string of the molecule is CCCCc1c[c]cc(-c2ncco2)c1. The molecule has 1 aromatic heterocycles. The Morgan fingerprint density at radius 3 is 3.07 bits per heavy atom. The van der Waals surface area contributed by atoms with Crippen LogP contribution in [-0.2, 0) is 6.42 Å². The first-order valence-electron chi connectivity index (χ1n) is 5.30. The highest BCUT2D eigenvalue weighted by Gasteiger charge is 2.02. The van der Waals surface area contributed by atoms with Crippen LogP contribution in [0.1, 0.15) is 25.3 Å². The van der Waals surface area contributed by atoms with E-state index in [1.807, 2.05) is 12.1 Å². The summed E-state index contributed by atoms with van der Waals surface area (Å²) in [5.74, 6) is 0.671. The van der Waals surface area contributed by atoms with Crippen LogP contribution < -0.4 is 0 Å². The molecule has 77 valence electrons. The molecule has 0 atom stereocenters. The first kappa shape index (κ1) is 9.97. The van der Waals surface area contributed by atoms with Crippen molar-refractivity contribution in [2.24, 2.45) is 0 Å². The van der Waals surface area contributed by atoms with Gasteiger partial charge in [0.15, 0.2) is 0 Å². The average molecular weight is 200 g/mol. The molecular formula is C13H14NO. The first-order chi connectivity index (χ1) is 7.40. The summed E-state index contributed by atoms with van der Waals surface area (Å²) in [6, 6.07) is 9.18. The number of unbranched alkanes of at least 4 members (excludes halogenated alkanes) is 1. The van der Waals surface area contributed by atoms with Gasteiger partial charge < -0.3 is 4.42 Å². The van der Waals surface area contributed by atoms with E-state index >= 15 is 0 Å². The minimum atomic E-state index is 0.671. The number of oxazole rings is 1. The smallest absolute Gasteiger partial charge is 0.225 e. The molecule has 1 heterocycles. The highest BCUT2D eigenvalue weighted by atomic mass is 16.3. The van der Waals surface area contributed by atoms with Crippen molar-refractivity contribution in [1.82, 2.24) is 4.98 Å². The number of hydrogen-bond acceptors (Lipinski definition) is 2. The van der Waals surface area contributed by atoms with Crippen molar-refractivity contribution in [1.29, 1.82) is 0 Å². The molecule has 0 saturated heterocycles. The van der Waals surface area contributed by atoms with Crippen molar-refractivity contribution in [3.05, 3.63) is 42.3 Å². The molecule has 0 amide bonds. The van der Waals surface area contributed by atoms with Crippen molar-refractivity contribution < 1.29 is 4.42 Å². The maximum absolute atomic E-state index is 5.25. The van der Waals surface area contributed by atoms with E-state index in [4.69, 9.17) is 4.42 Å². The molecule has 2 aromatic rings. The zero-order valence-electron chi connectivity index (χ0n) is 8.86. The molecule has 1 radical (unpaired) electrons. The molecule has 2 nitrogen and oxygen atoms in total. The van der Waals surface area contributed by atoms with Gasteiger partial charge >= 0.3 is 0 Å². The third-order valence-electron chi connectivity index (χ3n) is 2.35. The Hall–Kier alpha value is -1.57. The number of benzene rings is 1. The highest BCUT2D eigenvalue weighted by Crippen LogP contribution is 2.18. The summed E-state index contributed by atoms with van der Waals surface area (Å²) in [4.78, 5) is 4.12. The van der Waals surface area contributed by atoms with Gasteiger partial charge in [0.2, 0.25) is 5.89 Å². The van der Waals surface area contributed by atoms with E-state index < -0.39 is 0 Å².